The summed E-state index contributed by atoms with van der Waals surface area (Å²) in [5, 5.41) is 11.9. The Morgan fingerprint density at radius 1 is 1.61 bits per heavy atom. The number of aryl methyl sites for hydroxylation is 1. The number of nitriles is 1. The maximum absolute atomic E-state index is 12.0. The van der Waals surface area contributed by atoms with E-state index in [0.29, 0.717) is 18.7 Å². The number of hydrogen-bond acceptors (Lipinski definition) is 4. The van der Waals surface area contributed by atoms with Gasteiger partial charge in [0.2, 0.25) is 11.8 Å². The van der Waals surface area contributed by atoms with Gasteiger partial charge in [-0.15, -0.1) is 0 Å². The predicted molar refractivity (Wildman–Crippen MR) is 64.2 cm³/mol. The Bertz CT molecular complexity index is 467. The Balaban J connectivity index is 1.94. The van der Waals surface area contributed by atoms with Crippen molar-refractivity contribution in [3.05, 3.63) is 17.8 Å². The van der Waals surface area contributed by atoms with Crippen molar-refractivity contribution in [1.82, 2.24) is 10.3 Å². The van der Waals surface area contributed by atoms with Gasteiger partial charge in [0.15, 0.2) is 0 Å². The highest BCUT2D eigenvalue weighted by Crippen LogP contribution is 2.37. The highest BCUT2D eigenvalue weighted by molar-refractivity contribution is 5.85. The van der Waals surface area contributed by atoms with Gasteiger partial charge in [-0.1, -0.05) is 19.8 Å². The standard InChI is InChI=1S/C13H17N3O2/c1-2-10-7-15-11(18-10)8-16-12(17)13(9-14)5-3-4-6-13/h7H,2-6,8H2,1H3,(H,16,17). The van der Waals surface area contributed by atoms with Crippen LogP contribution in [0.25, 0.3) is 0 Å². The number of oxazole rings is 1. The van der Waals surface area contributed by atoms with Crippen LogP contribution in [0, 0.1) is 16.7 Å². The van der Waals surface area contributed by atoms with Crippen molar-refractivity contribution in [1.29, 1.82) is 5.26 Å². The molecule has 1 saturated carbocycles. The molecule has 18 heavy (non-hydrogen) atoms. The highest BCUT2D eigenvalue weighted by atomic mass is 16.4. The van der Waals surface area contributed by atoms with Crippen LogP contribution in [0.15, 0.2) is 10.6 Å². The van der Waals surface area contributed by atoms with Gasteiger partial charge in [0.1, 0.15) is 11.2 Å². The van der Waals surface area contributed by atoms with E-state index in [1.165, 1.54) is 0 Å². The minimum Gasteiger partial charge on any atom is -0.444 e. The minimum absolute atomic E-state index is 0.196. The van der Waals surface area contributed by atoms with Crippen LogP contribution in [0.4, 0.5) is 0 Å². The third kappa shape index (κ3) is 2.37. The average molecular weight is 247 g/mol. The predicted octanol–water partition coefficient (Wildman–Crippen LogP) is 1.94. The fourth-order valence-corrected chi connectivity index (χ4v) is 2.29. The molecule has 1 heterocycles. The molecule has 0 aromatic carbocycles. The summed E-state index contributed by atoms with van der Waals surface area (Å²) < 4.78 is 5.40. The van der Waals surface area contributed by atoms with Crippen LogP contribution in [0.5, 0.6) is 0 Å². The lowest BCUT2D eigenvalue weighted by Gasteiger charge is -2.18. The maximum atomic E-state index is 12.0. The number of aromatic nitrogens is 1. The van der Waals surface area contributed by atoms with E-state index in [-0.39, 0.29) is 12.5 Å². The molecule has 0 unspecified atom stereocenters. The Morgan fingerprint density at radius 2 is 2.33 bits per heavy atom. The molecule has 0 radical (unpaired) electrons. The van der Waals surface area contributed by atoms with Crippen LogP contribution in [-0.4, -0.2) is 10.9 Å². The normalized spacial score (nSPS) is 17.3. The van der Waals surface area contributed by atoms with Gasteiger partial charge in [-0.25, -0.2) is 4.98 Å². The van der Waals surface area contributed by atoms with Gasteiger partial charge in [-0.3, -0.25) is 4.79 Å². The van der Waals surface area contributed by atoms with Gasteiger partial charge in [0, 0.05) is 6.42 Å². The van der Waals surface area contributed by atoms with Crippen molar-refractivity contribution in [2.24, 2.45) is 5.41 Å². The summed E-state index contributed by atoms with van der Waals surface area (Å²) in [5.41, 5.74) is -0.833. The largest absolute Gasteiger partial charge is 0.444 e. The fraction of sp³-hybridized carbons (Fsp3) is 0.615. The summed E-state index contributed by atoms with van der Waals surface area (Å²) >= 11 is 0. The third-order valence-corrected chi connectivity index (χ3v) is 3.46. The second kappa shape index (κ2) is 5.21. The van der Waals surface area contributed by atoms with E-state index in [1.54, 1.807) is 6.20 Å². The van der Waals surface area contributed by atoms with Crippen LogP contribution >= 0.6 is 0 Å². The SMILES string of the molecule is CCc1cnc(CNC(=O)C2(C#N)CCCC2)o1. The molecule has 5 nitrogen and oxygen atoms in total. The second-order valence-electron chi connectivity index (χ2n) is 4.66. The molecule has 0 bridgehead atoms. The quantitative estimate of drug-likeness (QED) is 0.881. The van der Waals surface area contributed by atoms with Crippen LogP contribution in [0.2, 0.25) is 0 Å². The molecule has 1 amide bonds. The van der Waals surface area contributed by atoms with E-state index >= 15 is 0 Å². The van der Waals surface area contributed by atoms with Gasteiger partial charge >= 0.3 is 0 Å². The highest BCUT2D eigenvalue weighted by Gasteiger charge is 2.41. The van der Waals surface area contributed by atoms with Gasteiger partial charge in [-0.05, 0) is 12.8 Å². The molecule has 1 N–H and O–H groups in total. The zero-order chi connectivity index (χ0) is 13.0. The van der Waals surface area contributed by atoms with E-state index in [1.807, 2.05) is 6.92 Å². The van der Waals surface area contributed by atoms with E-state index in [9.17, 15) is 10.1 Å². The summed E-state index contributed by atoms with van der Waals surface area (Å²) in [7, 11) is 0. The molecule has 0 aliphatic heterocycles. The first-order valence-corrected chi connectivity index (χ1v) is 6.33. The molecule has 1 aliphatic carbocycles. The van der Waals surface area contributed by atoms with Crippen molar-refractivity contribution in [3.8, 4) is 6.07 Å². The maximum Gasteiger partial charge on any atom is 0.240 e. The fourth-order valence-electron chi connectivity index (χ4n) is 2.29. The second-order valence-corrected chi connectivity index (χ2v) is 4.66. The number of amides is 1. The third-order valence-electron chi connectivity index (χ3n) is 3.46. The smallest absolute Gasteiger partial charge is 0.240 e. The van der Waals surface area contributed by atoms with Crippen LogP contribution < -0.4 is 5.32 Å². The zero-order valence-corrected chi connectivity index (χ0v) is 10.5. The summed E-state index contributed by atoms with van der Waals surface area (Å²) in [6.07, 6.45) is 5.64. The molecule has 1 fully saturated rings. The first-order chi connectivity index (χ1) is 8.70. The van der Waals surface area contributed by atoms with Crippen molar-refractivity contribution < 1.29 is 9.21 Å². The summed E-state index contributed by atoms with van der Waals surface area (Å²) in [6.45, 7) is 2.23. The minimum atomic E-state index is -0.833. The summed E-state index contributed by atoms with van der Waals surface area (Å²) in [4.78, 5) is 16.1. The topological polar surface area (TPSA) is 78.9 Å². The van der Waals surface area contributed by atoms with E-state index in [0.717, 1.165) is 25.0 Å². The average Bonchev–Trinajstić information content (AvgIpc) is 3.05. The molecule has 0 saturated heterocycles. The van der Waals surface area contributed by atoms with E-state index in [4.69, 9.17) is 4.42 Å². The molecule has 96 valence electrons. The van der Waals surface area contributed by atoms with E-state index < -0.39 is 5.41 Å². The number of nitrogens with one attached hydrogen (secondary N) is 1. The van der Waals surface area contributed by atoms with Crippen LogP contribution in [-0.2, 0) is 17.8 Å². The summed E-state index contributed by atoms with van der Waals surface area (Å²) in [6, 6.07) is 2.17. The first-order valence-electron chi connectivity index (χ1n) is 6.33. The molecule has 2 rings (SSSR count). The lowest BCUT2D eigenvalue weighted by Crippen LogP contribution is -2.37. The Kier molecular flexibility index (Phi) is 3.66. The number of hydrogen-bond donors (Lipinski definition) is 1. The lowest BCUT2D eigenvalue weighted by molar-refractivity contribution is -0.128. The number of nitrogens with zero attached hydrogens (tertiary/aromatic N) is 2. The molecule has 1 aromatic rings. The van der Waals surface area contributed by atoms with Gasteiger partial charge in [0.25, 0.3) is 0 Å². The molecule has 0 atom stereocenters. The Hall–Kier alpha value is -1.83. The molecular formula is C13H17N3O2. The van der Waals surface area contributed by atoms with Crippen molar-refractivity contribution in [2.75, 3.05) is 0 Å². The first kappa shape index (κ1) is 12.6. The molecule has 5 heteroatoms. The zero-order valence-electron chi connectivity index (χ0n) is 10.5. The lowest BCUT2D eigenvalue weighted by atomic mass is 9.87. The van der Waals surface area contributed by atoms with Gasteiger partial charge in [0.05, 0.1) is 18.8 Å². The number of carbonyl (C=O) groups excluding carboxylic acids is 1. The van der Waals surface area contributed by atoms with Crippen LogP contribution in [0.1, 0.15) is 44.3 Å². The number of carbonyl (C=O) groups is 1. The van der Waals surface area contributed by atoms with Crippen molar-refractivity contribution in [3.63, 3.8) is 0 Å². The van der Waals surface area contributed by atoms with Crippen molar-refractivity contribution in [2.45, 2.75) is 45.6 Å². The monoisotopic (exact) mass is 247 g/mol. The summed E-state index contributed by atoms with van der Waals surface area (Å²) in [5.74, 6) is 1.10. The van der Waals surface area contributed by atoms with Crippen molar-refractivity contribution >= 4 is 5.91 Å². The molecule has 0 spiro atoms. The van der Waals surface area contributed by atoms with Gasteiger partial charge in [-0.2, -0.15) is 5.26 Å². The molecule has 1 aromatic heterocycles. The number of rotatable bonds is 4. The Morgan fingerprint density at radius 3 is 2.89 bits per heavy atom. The van der Waals surface area contributed by atoms with Gasteiger partial charge < -0.3 is 9.73 Å². The van der Waals surface area contributed by atoms with E-state index in [2.05, 4.69) is 16.4 Å². The van der Waals surface area contributed by atoms with Crippen LogP contribution in [0.3, 0.4) is 0 Å². The molecule has 1 aliphatic rings. The molecular weight excluding hydrogens is 230 g/mol. The Labute approximate surface area is 106 Å².